The number of halogens is 2. The standard InChI is InChI=1S/C18H19BrClN5O2/c1-3-24-10-13(19)16(22-24)11-23(2)18(26)15-8-9-25(21-15)12-27-17-7-5-4-6-14(17)20/h4-10H,3,11-12H2,1-2H3. The number of hydrogen-bond acceptors (Lipinski definition) is 4. The van der Waals surface area contributed by atoms with E-state index < -0.39 is 0 Å². The van der Waals surface area contributed by atoms with E-state index in [0.717, 1.165) is 16.7 Å². The van der Waals surface area contributed by atoms with Gasteiger partial charge in [-0.15, -0.1) is 0 Å². The van der Waals surface area contributed by atoms with Gasteiger partial charge in [-0.25, -0.2) is 4.68 Å². The van der Waals surface area contributed by atoms with Gasteiger partial charge in [-0.3, -0.25) is 9.48 Å². The van der Waals surface area contributed by atoms with Crippen molar-refractivity contribution in [3.8, 4) is 5.75 Å². The lowest BCUT2D eigenvalue weighted by Crippen LogP contribution is -2.27. The topological polar surface area (TPSA) is 65.2 Å². The van der Waals surface area contributed by atoms with Crippen molar-refractivity contribution in [2.24, 2.45) is 0 Å². The van der Waals surface area contributed by atoms with Crippen LogP contribution >= 0.6 is 27.5 Å². The number of carbonyl (C=O) groups is 1. The van der Waals surface area contributed by atoms with Crippen molar-refractivity contribution in [1.29, 1.82) is 0 Å². The molecule has 1 amide bonds. The first-order valence-corrected chi connectivity index (χ1v) is 9.53. The molecule has 27 heavy (non-hydrogen) atoms. The molecule has 0 saturated heterocycles. The minimum Gasteiger partial charge on any atom is -0.470 e. The summed E-state index contributed by atoms with van der Waals surface area (Å²) in [6, 6.07) is 8.86. The summed E-state index contributed by atoms with van der Waals surface area (Å²) in [6.07, 6.45) is 3.59. The Balaban J connectivity index is 1.62. The van der Waals surface area contributed by atoms with E-state index in [9.17, 15) is 4.79 Å². The summed E-state index contributed by atoms with van der Waals surface area (Å²) >= 11 is 9.54. The number of aromatic nitrogens is 4. The van der Waals surface area contributed by atoms with Crippen LogP contribution in [0.25, 0.3) is 0 Å². The zero-order valence-corrected chi connectivity index (χ0v) is 17.3. The average Bonchev–Trinajstić information content (AvgIpc) is 3.27. The Hall–Kier alpha value is -2.32. The molecule has 7 nitrogen and oxygen atoms in total. The van der Waals surface area contributed by atoms with E-state index in [4.69, 9.17) is 16.3 Å². The fourth-order valence-electron chi connectivity index (χ4n) is 2.44. The second-order valence-electron chi connectivity index (χ2n) is 5.88. The molecule has 2 aromatic heterocycles. The summed E-state index contributed by atoms with van der Waals surface area (Å²) in [6.45, 7) is 3.32. The highest BCUT2D eigenvalue weighted by Gasteiger charge is 2.18. The van der Waals surface area contributed by atoms with Crippen LogP contribution in [0.4, 0.5) is 0 Å². The van der Waals surface area contributed by atoms with E-state index in [1.54, 1.807) is 41.0 Å². The second kappa shape index (κ2) is 8.58. The number of ether oxygens (including phenoxy) is 1. The highest BCUT2D eigenvalue weighted by molar-refractivity contribution is 9.10. The van der Waals surface area contributed by atoms with E-state index in [1.165, 1.54) is 0 Å². The first kappa shape index (κ1) is 19.4. The molecule has 0 spiro atoms. The normalized spacial score (nSPS) is 10.8. The smallest absolute Gasteiger partial charge is 0.274 e. The lowest BCUT2D eigenvalue weighted by Gasteiger charge is -2.14. The number of rotatable bonds is 7. The van der Waals surface area contributed by atoms with Gasteiger partial charge in [0.2, 0.25) is 0 Å². The Morgan fingerprint density at radius 2 is 2.04 bits per heavy atom. The monoisotopic (exact) mass is 451 g/mol. The number of amides is 1. The van der Waals surface area contributed by atoms with E-state index >= 15 is 0 Å². The molecule has 3 aromatic rings. The predicted octanol–water partition coefficient (Wildman–Crippen LogP) is 3.82. The van der Waals surface area contributed by atoms with Gasteiger partial charge in [0.25, 0.3) is 5.91 Å². The zero-order chi connectivity index (χ0) is 19.4. The molecule has 142 valence electrons. The second-order valence-corrected chi connectivity index (χ2v) is 7.15. The summed E-state index contributed by atoms with van der Waals surface area (Å²) in [5, 5.41) is 9.25. The molecule has 0 bridgehead atoms. The summed E-state index contributed by atoms with van der Waals surface area (Å²) in [5.41, 5.74) is 1.14. The highest BCUT2D eigenvalue weighted by Crippen LogP contribution is 2.23. The van der Waals surface area contributed by atoms with Gasteiger partial charge in [-0.2, -0.15) is 10.2 Å². The quantitative estimate of drug-likeness (QED) is 0.546. The molecule has 0 saturated carbocycles. The third-order valence-electron chi connectivity index (χ3n) is 3.89. The lowest BCUT2D eigenvalue weighted by molar-refractivity contribution is 0.0775. The minimum absolute atomic E-state index is 0.160. The Bertz CT molecular complexity index is 939. The summed E-state index contributed by atoms with van der Waals surface area (Å²) in [7, 11) is 1.72. The first-order valence-electron chi connectivity index (χ1n) is 8.36. The third-order valence-corrected chi connectivity index (χ3v) is 4.87. The minimum atomic E-state index is -0.190. The lowest BCUT2D eigenvalue weighted by atomic mass is 10.3. The van der Waals surface area contributed by atoms with Crippen LogP contribution in [0.3, 0.4) is 0 Å². The molecule has 0 fully saturated rings. The number of aryl methyl sites for hydroxylation is 1. The number of para-hydroxylation sites is 1. The fraction of sp³-hybridized carbons (Fsp3) is 0.278. The molecule has 3 rings (SSSR count). The van der Waals surface area contributed by atoms with Gasteiger partial charge in [-0.05, 0) is 41.1 Å². The van der Waals surface area contributed by atoms with Crippen molar-refractivity contribution >= 4 is 33.4 Å². The Kier molecular flexibility index (Phi) is 6.18. The van der Waals surface area contributed by atoms with Gasteiger partial charge in [-0.1, -0.05) is 23.7 Å². The molecular formula is C18H19BrClN5O2. The molecule has 0 unspecified atom stereocenters. The van der Waals surface area contributed by atoms with Crippen molar-refractivity contribution in [3.05, 3.63) is 63.6 Å². The average molecular weight is 453 g/mol. The van der Waals surface area contributed by atoms with Gasteiger partial charge in [0.15, 0.2) is 12.4 Å². The Morgan fingerprint density at radius 1 is 1.26 bits per heavy atom. The fourth-order valence-corrected chi connectivity index (χ4v) is 3.07. The van der Waals surface area contributed by atoms with Gasteiger partial charge in [0.05, 0.1) is 21.7 Å². The van der Waals surface area contributed by atoms with Crippen molar-refractivity contribution in [3.63, 3.8) is 0 Å². The molecule has 2 heterocycles. The van der Waals surface area contributed by atoms with E-state index in [-0.39, 0.29) is 12.6 Å². The molecule has 0 aliphatic rings. The predicted molar refractivity (Wildman–Crippen MR) is 106 cm³/mol. The first-order chi connectivity index (χ1) is 13.0. The van der Waals surface area contributed by atoms with E-state index in [2.05, 4.69) is 26.1 Å². The number of carbonyl (C=O) groups excluding carboxylic acids is 1. The zero-order valence-electron chi connectivity index (χ0n) is 15.0. The molecule has 0 aliphatic heterocycles. The molecular weight excluding hydrogens is 434 g/mol. The Labute approximate surface area is 170 Å². The summed E-state index contributed by atoms with van der Waals surface area (Å²) in [4.78, 5) is 14.2. The molecule has 0 radical (unpaired) electrons. The number of hydrogen-bond donors (Lipinski definition) is 0. The van der Waals surface area contributed by atoms with Crippen molar-refractivity contribution in [1.82, 2.24) is 24.5 Å². The van der Waals surface area contributed by atoms with Crippen LogP contribution in [0, 0.1) is 0 Å². The van der Waals surface area contributed by atoms with Crippen LogP contribution in [-0.4, -0.2) is 37.4 Å². The SMILES string of the molecule is CCn1cc(Br)c(CN(C)C(=O)c2ccn(COc3ccccc3Cl)n2)n1. The molecule has 0 N–H and O–H groups in total. The van der Waals surface area contributed by atoms with Crippen LogP contribution in [0.5, 0.6) is 5.75 Å². The summed E-state index contributed by atoms with van der Waals surface area (Å²) < 4.78 is 9.87. The van der Waals surface area contributed by atoms with Crippen molar-refractivity contribution in [2.45, 2.75) is 26.7 Å². The van der Waals surface area contributed by atoms with Crippen LogP contribution in [0.15, 0.2) is 47.2 Å². The van der Waals surface area contributed by atoms with Gasteiger partial charge >= 0.3 is 0 Å². The molecule has 0 atom stereocenters. The van der Waals surface area contributed by atoms with Gasteiger partial charge in [0.1, 0.15) is 5.75 Å². The van der Waals surface area contributed by atoms with Gasteiger partial charge < -0.3 is 9.64 Å². The van der Waals surface area contributed by atoms with Crippen molar-refractivity contribution < 1.29 is 9.53 Å². The van der Waals surface area contributed by atoms with Crippen LogP contribution in [0.2, 0.25) is 5.02 Å². The Morgan fingerprint density at radius 3 is 2.74 bits per heavy atom. The van der Waals surface area contributed by atoms with Gasteiger partial charge in [0, 0.05) is 26.0 Å². The maximum Gasteiger partial charge on any atom is 0.274 e. The molecule has 0 aliphatic carbocycles. The maximum absolute atomic E-state index is 12.6. The highest BCUT2D eigenvalue weighted by atomic mass is 79.9. The molecule has 9 heteroatoms. The van der Waals surface area contributed by atoms with E-state index in [0.29, 0.717) is 23.0 Å². The third kappa shape index (κ3) is 4.70. The largest absolute Gasteiger partial charge is 0.470 e. The maximum atomic E-state index is 12.6. The number of nitrogens with zero attached hydrogens (tertiary/aromatic N) is 5. The van der Waals surface area contributed by atoms with Crippen LogP contribution in [-0.2, 0) is 19.8 Å². The van der Waals surface area contributed by atoms with Crippen LogP contribution in [0.1, 0.15) is 23.1 Å². The van der Waals surface area contributed by atoms with E-state index in [1.807, 2.05) is 29.9 Å². The van der Waals surface area contributed by atoms with Crippen molar-refractivity contribution in [2.75, 3.05) is 7.05 Å². The molecule has 1 aromatic carbocycles. The number of benzene rings is 1. The van der Waals surface area contributed by atoms with Crippen LogP contribution < -0.4 is 4.74 Å². The summed E-state index contributed by atoms with van der Waals surface area (Å²) in [5.74, 6) is 0.375.